The molecular weight excluding hydrogens is 260 g/mol. The molecule has 0 amide bonds. The van der Waals surface area contributed by atoms with E-state index in [9.17, 15) is 18.5 Å². The molecule has 0 spiro atoms. The minimum absolute atomic E-state index is 0.118. The Balaban J connectivity index is 3.03. The van der Waals surface area contributed by atoms with Gasteiger partial charge in [0.25, 0.3) is 0 Å². The van der Waals surface area contributed by atoms with Gasteiger partial charge < -0.3 is 15.8 Å². The first-order valence-electron chi connectivity index (χ1n) is 5.02. The molecule has 1 rings (SSSR count). The zero-order valence-electron chi connectivity index (χ0n) is 9.95. The highest BCUT2D eigenvalue weighted by atomic mass is 32.2. The Kier molecular flexibility index (Phi) is 3.99. The molecule has 0 atom stereocenters. The van der Waals surface area contributed by atoms with Crippen LogP contribution >= 0.6 is 0 Å². The number of hydrogen-bond acceptors (Lipinski definition) is 6. The summed E-state index contributed by atoms with van der Waals surface area (Å²) < 4.78 is 26.2. The van der Waals surface area contributed by atoms with Crippen LogP contribution in [-0.4, -0.2) is 30.4 Å². The number of nitrogens with zero attached hydrogens (tertiary/aromatic N) is 2. The maximum atomic E-state index is 11.9. The van der Waals surface area contributed by atoms with E-state index in [1.54, 1.807) is 13.8 Å². The van der Waals surface area contributed by atoms with Gasteiger partial charge in [-0.1, -0.05) is 0 Å². The van der Waals surface area contributed by atoms with Crippen LogP contribution in [-0.2, 0) is 10.0 Å². The Morgan fingerprint density at radius 1 is 1.50 bits per heavy atom. The monoisotopic (exact) mass is 274 g/mol. The van der Waals surface area contributed by atoms with Crippen LogP contribution in [0.5, 0.6) is 0 Å². The number of hydrogen-bond donors (Lipinski definition) is 2. The number of aromatic nitrogens is 1. The Labute approximate surface area is 104 Å². The Bertz CT molecular complexity index is 538. The second kappa shape index (κ2) is 4.96. The van der Waals surface area contributed by atoms with Gasteiger partial charge in [-0.25, -0.2) is 13.1 Å². The maximum Gasteiger partial charge on any atom is 0.363 e. The van der Waals surface area contributed by atoms with E-state index in [0.717, 1.165) is 18.3 Å². The van der Waals surface area contributed by atoms with Crippen LogP contribution in [0.3, 0.4) is 0 Å². The second-order valence-electron chi connectivity index (χ2n) is 4.30. The van der Waals surface area contributed by atoms with E-state index < -0.39 is 26.3 Å². The lowest BCUT2D eigenvalue weighted by molar-refractivity contribution is -0.389. The van der Waals surface area contributed by atoms with Gasteiger partial charge in [0.2, 0.25) is 10.0 Å². The van der Waals surface area contributed by atoms with Crippen molar-refractivity contribution < 1.29 is 13.3 Å². The molecule has 8 nitrogen and oxygen atoms in total. The van der Waals surface area contributed by atoms with Gasteiger partial charge in [-0.15, -0.1) is 0 Å². The Hall–Kier alpha value is -1.58. The predicted molar refractivity (Wildman–Crippen MR) is 64.3 cm³/mol. The summed E-state index contributed by atoms with van der Waals surface area (Å²) in [7, 11) is -3.79. The number of pyridine rings is 1. The van der Waals surface area contributed by atoms with Crippen LogP contribution < -0.4 is 10.5 Å². The first kappa shape index (κ1) is 14.5. The number of nitrogens with two attached hydrogens (primary N) is 1. The SMILES string of the molecule is CC(C)(CN)NS(=O)(=O)c1ccc([N+](=O)[O-])nc1. The molecule has 0 aliphatic heterocycles. The molecule has 0 aliphatic rings. The van der Waals surface area contributed by atoms with Gasteiger partial charge in [0.05, 0.1) is 0 Å². The van der Waals surface area contributed by atoms with Crippen molar-refractivity contribution in [2.24, 2.45) is 5.73 Å². The van der Waals surface area contributed by atoms with Crippen LogP contribution in [0.15, 0.2) is 23.2 Å². The Morgan fingerprint density at radius 3 is 2.50 bits per heavy atom. The summed E-state index contributed by atoms with van der Waals surface area (Å²) in [5.74, 6) is -0.410. The van der Waals surface area contributed by atoms with Crippen molar-refractivity contribution in [3.8, 4) is 0 Å². The molecule has 1 heterocycles. The molecule has 9 heteroatoms. The molecular formula is C9H14N4O4S. The zero-order chi connectivity index (χ0) is 14.0. The fourth-order valence-corrected chi connectivity index (χ4v) is 2.47. The smallest absolute Gasteiger partial charge is 0.358 e. The lowest BCUT2D eigenvalue weighted by Crippen LogP contribution is -2.48. The van der Waals surface area contributed by atoms with E-state index >= 15 is 0 Å². The summed E-state index contributed by atoms with van der Waals surface area (Å²) in [5.41, 5.74) is 4.62. The van der Waals surface area contributed by atoms with Gasteiger partial charge in [0, 0.05) is 18.2 Å². The summed E-state index contributed by atoms with van der Waals surface area (Å²) in [6, 6.07) is 2.16. The second-order valence-corrected chi connectivity index (χ2v) is 5.99. The number of rotatable bonds is 5. The molecule has 0 unspecified atom stereocenters. The third-order valence-corrected chi connectivity index (χ3v) is 3.82. The number of nitro groups is 1. The number of sulfonamides is 1. The topological polar surface area (TPSA) is 128 Å². The van der Waals surface area contributed by atoms with E-state index in [1.807, 2.05) is 0 Å². The van der Waals surface area contributed by atoms with Crippen molar-refractivity contribution in [3.63, 3.8) is 0 Å². The molecule has 18 heavy (non-hydrogen) atoms. The van der Waals surface area contributed by atoms with Crippen molar-refractivity contribution in [2.45, 2.75) is 24.3 Å². The van der Waals surface area contributed by atoms with Gasteiger partial charge in [0.15, 0.2) is 6.20 Å². The Morgan fingerprint density at radius 2 is 2.11 bits per heavy atom. The first-order valence-corrected chi connectivity index (χ1v) is 6.51. The molecule has 1 aromatic heterocycles. The highest BCUT2D eigenvalue weighted by Gasteiger charge is 2.26. The quantitative estimate of drug-likeness (QED) is 0.574. The normalized spacial score (nSPS) is 12.4. The fourth-order valence-electron chi connectivity index (χ4n) is 1.10. The van der Waals surface area contributed by atoms with Crippen molar-refractivity contribution >= 4 is 15.8 Å². The average Bonchev–Trinajstić information content (AvgIpc) is 2.28. The predicted octanol–water partition coefficient (Wildman–Crippen LogP) is 0.00540. The van der Waals surface area contributed by atoms with E-state index in [4.69, 9.17) is 5.73 Å². The van der Waals surface area contributed by atoms with Crippen molar-refractivity contribution in [3.05, 3.63) is 28.4 Å². The maximum absolute atomic E-state index is 11.9. The molecule has 0 aromatic carbocycles. The molecule has 0 radical (unpaired) electrons. The molecule has 3 N–H and O–H groups in total. The van der Waals surface area contributed by atoms with Crippen molar-refractivity contribution in [1.82, 2.24) is 9.71 Å². The zero-order valence-corrected chi connectivity index (χ0v) is 10.8. The lowest BCUT2D eigenvalue weighted by atomic mass is 10.1. The summed E-state index contributed by atoms with van der Waals surface area (Å²) in [4.78, 5) is 13.0. The minimum Gasteiger partial charge on any atom is -0.358 e. The summed E-state index contributed by atoms with van der Waals surface area (Å²) in [6.07, 6.45) is 0.938. The van der Waals surface area contributed by atoms with Crippen molar-refractivity contribution in [1.29, 1.82) is 0 Å². The fraction of sp³-hybridized carbons (Fsp3) is 0.444. The molecule has 100 valence electrons. The molecule has 0 aliphatic carbocycles. The van der Waals surface area contributed by atoms with E-state index in [0.29, 0.717) is 0 Å². The van der Waals surface area contributed by atoms with E-state index in [1.165, 1.54) is 0 Å². The third kappa shape index (κ3) is 3.45. The summed E-state index contributed by atoms with van der Waals surface area (Å²) >= 11 is 0. The third-order valence-electron chi connectivity index (χ3n) is 2.14. The van der Waals surface area contributed by atoms with Crippen LogP contribution in [0, 0.1) is 10.1 Å². The largest absolute Gasteiger partial charge is 0.363 e. The van der Waals surface area contributed by atoms with Crippen molar-refractivity contribution in [2.75, 3.05) is 6.54 Å². The van der Waals surface area contributed by atoms with Gasteiger partial charge in [0.1, 0.15) is 4.90 Å². The average molecular weight is 274 g/mol. The molecule has 0 fully saturated rings. The number of nitrogens with one attached hydrogen (secondary N) is 1. The highest BCUT2D eigenvalue weighted by molar-refractivity contribution is 7.89. The van der Waals surface area contributed by atoms with E-state index in [-0.39, 0.29) is 11.4 Å². The van der Waals surface area contributed by atoms with Gasteiger partial charge >= 0.3 is 5.82 Å². The standard InChI is InChI=1S/C9H14N4O4S/c1-9(2,6-10)12-18(16,17)7-3-4-8(11-5-7)13(14)15/h3-5,12H,6,10H2,1-2H3. The summed E-state index contributed by atoms with van der Waals surface area (Å²) in [5, 5.41) is 10.4. The molecule has 0 saturated carbocycles. The molecule has 0 saturated heterocycles. The molecule has 0 bridgehead atoms. The van der Waals surface area contributed by atoms with Crippen LogP contribution in [0.25, 0.3) is 0 Å². The van der Waals surface area contributed by atoms with Gasteiger partial charge in [-0.2, -0.15) is 0 Å². The van der Waals surface area contributed by atoms with Gasteiger partial charge in [-0.3, -0.25) is 0 Å². The highest BCUT2D eigenvalue weighted by Crippen LogP contribution is 2.14. The van der Waals surface area contributed by atoms with Crippen LogP contribution in [0.4, 0.5) is 5.82 Å². The van der Waals surface area contributed by atoms with E-state index in [2.05, 4.69) is 9.71 Å². The van der Waals surface area contributed by atoms with Gasteiger partial charge in [-0.05, 0) is 29.8 Å². The molecule has 1 aromatic rings. The summed E-state index contributed by atoms with van der Waals surface area (Å²) in [6.45, 7) is 3.37. The van der Waals surface area contributed by atoms with Crippen LogP contribution in [0.1, 0.15) is 13.8 Å². The minimum atomic E-state index is -3.79. The lowest BCUT2D eigenvalue weighted by Gasteiger charge is -2.23. The van der Waals surface area contributed by atoms with Crippen LogP contribution in [0.2, 0.25) is 0 Å². The first-order chi connectivity index (χ1) is 8.18.